The van der Waals surface area contributed by atoms with E-state index in [1.807, 2.05) is 67.2 Å². The summed E-state index contributed by atoms with van der Waals surface area (Å²) in [4.78, 5) is 13.2. The van der Waals surface area contributed by atoms with Crippen LogP contribution in [0.1, 0.15) is 23.4 Å². The van der Waals surface area contributed by atoms with Gasteiger partial charge in [0, 0.05) is 12.3 Å². The minimum Gasteiger partial charge on any atom is -0.283 e. The van der Waals surface area contributed by atoms with E-state index in [0.29, 0.717) is 10.8 Å². The van der Waals surface area contributed by atoms with Crippen LogP contribution in [0.25, 0.3) is 11.4 Å². The van der Waals surface area contributed by atoms with Crippen LogP contribution >= 0.6 is 11.8 Å². The zero-order valence-electron chi connectivity index (χ0n) is 15.9. The van der Waals surface area contributed by atoms with Crippen molar-refractivity contribution < 1.29 is 0 Å². The topological polar surface area (TPSA) is 70.5 Å². The standard InChI is InChI=1S/C20H20N6OS/c1-14-18(19(27)26(24(14)3)17-12-8-5-9-13-17)25-20(21-22-23-25)28-15(2)16-10-6-4-7-11-16/h4-13,15H,1-3H3/t15-/m1/s1. The lowest BCUT2D eigenvalue weighted by Gasteiger charge is -2.10. The molecule has 0 unspecified atom stereocenters. The maximum Gasteiger partial charge on any atom is 0.297 e. The summed E-state index contributed by atoms with van der Waals surface area (Å²) >= 11 is 1.52. The van der Waals surface area contributed by atoms with Gasteiger partial charge in [-0.05, 0) is 42.0 Å². The van der Waals surface area contributed by atoms with Crippen LogP contribution in [0.3, 0.4) is 0 Å². The molecule has 0 aliphatic carbocycles. The van der Waals surface area contributed by atoms with Crippen molar-refractivity contribution in [3.05, 3.63) is 82.3 Å². The van der Waals surface area contributed by atoms with Gasteiger partial charge in [-0.15, -0.1) is 5.10 Å². The lowest BCUT2D eigenvalue weighted by atomic mass is 10.2. The highest BCUT2D eigenvalue weighted by atomic mass is 32.2. The normalized spacial score (nSPS) is 12.2. The molecule has 0 fully saturated rings. The minimum atomic E-state index is -0.160. The quantitative estimate of drug-likeness (QED) is 0.487. The Hall–Kier alpha value is -3.13. The lowest BCUT2D eigenvalue weighted by molar-refractivity contribution is 0.630. The van der Waals surface area contributed by atoms with E-state index in [1.54, 1.807) is 9.36 Å². The highest BCUT2D eigenvalue weighted by Crippen LogP contribution is 2.33. The molecule has 0 saturated heterocycles. The van der Waals surface area contributed by atoms with Crippen molar-refractivity contribution in [2.24, 2.45) is 7.05 Å². The smallest absolute Gasteiger partial charge is 0.283 e. The third-order valence-electron chi connectivity index (χ3n) is 4.73. The fourth-order valence-corrected chi connectivity index (χ4v) is 4.06. The number of aromatic nitrogens is 6. The highest BCUT2D eigenvalue weighted by molar-refractivity contribution is 7.99. The third kappa shape index (κ3) is 3.16. The number of hydrogen-bond donors (Lipinski definition) is 0. The van der Waals surface area contributed by atoms with Gasteiger partial charge in [0.15, 0.2) is 5.69 Å². The molecule has 142 valence electrons. The number of tetrazole rings is 1. The molecule has 2 heterocycles. The number of nitrogens with zero attached hydrogens (tertiary/aromatic N) is 6. The molecule has 0 saturated carbocycles. The number of benzene rings is 2. The van der Waals surface area contributed by atoms with E-state index in [0.717, 1.165) is 11.4 Å². The Labute approximate surface area is 166 Å². The van der Waals surface area contributed by atoms with E-state index in [1.165, 1.54) is 17.3 Å². The van der Waals surface area contributed by atoms with Gasteiger partial charge >= 0.3 is 0 Å². The van der Waals surface area contributed by atoms with Crippen molar-refractivity contribution in [2.75, 3.05) is 0 Å². The number of rotatable bonds is 5. The Balaban J connectivity index is 1.76. The van der Waals surface area contributed by atoms with Gasteiger partial charge in [-0.25, -0.2) is 4.68 Å². The zero-order chi connectivity index (χ0) is 19.7. The van der Waals surface area contributed by atoms with E-state index in [4.69, 9.17) is 0 Å². The molecule has 1 atom stereocenters. The predicted molar refractivity (Wildman–Crippen MR) is 109 cm³/mol. The minimum absolute atomic E-state index is 0.145. The molecule has 8 heteroatoms. The van der Waals surface area contributed by atoms with Crippen LogP contribution in [0.5, 0.6) is 0 Å². The second-order valence-electron chi connectivity index (χ2n) is 6.45. The largest absolute Gasteiger partial charge is 0.297 e. The molecule has 0 aliphatic rings. The van der Waals surface area contributed by atoms with E-state index in [9.17, 15) is 4.79 Å². The van der Waals surface area contributed by atoms with Crippen molar-refractivity contribution in [1.82, 2.24) is 29.6 Å². The molecule has 0 amide bonds. The number of para-hydroxylation sites is 1. The first-order valence-electron chi connectivity index (χ1n) is 8.92. The first-order valence-corrected chi connectivity index (χ1v) is 9.80. The molecule has 2 aromatic heterocycles. The van der Waals surface area contributed by atoms with Gasteiger partial charge in [0.25, 0.3) is 5.56 Å². The van der Waals surface area contributed by atoms with Crippen LogP contribution in [0.4, 0.5) is 0 Å². The summed E-state index contributed by atoms with van der Waals surface area (Å²) in [6.07, 6.45) is 0. The Morgan fingerprint density at radius 3 is 2.32 bits per heavy atom. The summed E-state index contributed by atoms with van der Waals surface area (Å²) in [6.45, 7) is 3.99. The number of thioether (sulfide) groups is 1. The lowest BCUT2D eigenvalue weighted by Crippen LogP contribution is -2.22. The van der Waals surface area contributed by atoms with Gasteiger partial charge in [-0.3, -0.25) is 9.48 Å². The second-order valence-corrected chi connectivity index (χ2v) is 7.76. The van der Waals surface area contributed by atoms with Gasteiger partial charge in [-0.1, -0.05) is 60.3 Å². The second kappa shape index (κ2) is 7.47. The fraction of sp³-hybridized carbons (Fsp3) is 0.200. The molecule has 0 radical (unpaired) electrons. The molecular formula is C20H20N6OS. The van der Waals surface area contributed by atoms with E-state index in [-0.39, 0.29) is 10.8 Å². The molecule has 28 heavy (non-hydrogen) atoms. The maximum atomic E-state index is 13.2. The molecular weight excluding hydrogens is 372 g/mol. The van der Waals surface area contributed by atoms with Crippen LogP contribution in [-0.4, -0.2) is 29.6 Å². The van der Waals surface area contributed by atoms with Crippen molar-refractivity contribution in [1.29, 1.82) is 0 Å². The Morgan fingerprint density at radius 1 is 1.00 bits per heavy atom. The summed E-state index contributed by atoms with van der Waals surface area (Å²) in [7, 11) is 1.86. The molecule has 4 aromatic rings. The van der Waals surface area contributed by atoms with Crippen molar-refractivity contribution in [3.63, 3.8) is 0 Å². The zero-order valence-corrected chi connectivity index (χ0v) is 16.7. The number of hydrogen-bond acceptors (Lipinski definition) is 5. The third-order valence-corrected chi connectivity index (χ3v) is 5.82. The summed E-state index contributed by atoms with van der Waals surface area (Å²) in [5.41, 5.74) is 3.06. The summed E-state index contributed by atoms with van der Waals surface area (Å²) in [5.74, 6) is 0. The molecule has 0 bridgehead atoms. The monoisotopic (exact) mass is 392 g/mol. The van der Waals surface area contributed by atoms with Gasteiger partial charge in [0.1, 0.15) is 0 Å². The Morgan fingerprint density at radius 2 is 1.64 bits per heavy atom. The molecule has 0 aliphatic heterocycles. The van der Waals surface area contributed by atoms with E-state index >= 15 is 0 Å². The van der Waals surface area contributed by atoms with Crippen LogP contribution in [0.2, 0.25) is 0 Å². The Kier molecular flexibility index (Phi) is 4.87. The van der Waals surface area contributed by atoms with Gasteiger partial charge < -0.3 is 0 Å². The van der Waals surface area contributed by atoms with Crippen LogP contribution in [0.15, 0.2) is 70.6 Å². The first kappa shape index (κ1) is 18.2. The average molecular weight is 392 g/mol. The van der Waals surface area contributed by atoms with E-state index < -0.39 is 0 Å². The maximum absolute atomic E-state index is 13.2. The van der Waals surface area contributed by atoms with Gasteiger partial charge in [-0.2, -0.15) is 4.68 Å². The van der Waals surface area contributed by atoms with Gasteiger partial charge in [0.2, 0.25) is 5.16 Å². The van der Waals surface area contributed by atoms with Crippen LogP contribution in [-0.2, 0) is 7.05 Å². The SMILES string of the molecule is Cc1c(-n2nnnc2S[C@H](C)c2ccccc2)c(=O)n(-c2ccccc2)n1C. The Bertz CT molecular complexity index is 1150. The van der Waals surface area contributed by atoms with Crippen LogP contribution < -0.4 is 5.56 Å². The predicted octanol–water partition coefficient (Wildman–Crippen LogP) is 3.31. The summed E-state index contributed by atoms with van der Waals surface area (Å²) in [6, 6.07) is 19.7. The molecule has 7 nitrogen and oxygen atoms in total. The molecule has 2 aromatic carbocycles. The van der Waals surface area contributed by atoms with Gasteiger partial charge in [0.05, 0.1) is 11.4 Å². The summed E-state index contributed by atoms with van der Waals surface area (Å²) in [5, 5.41) is 12.8. The molecule has 0 spiro atoms. The molecule has 0 N–H and O–H groups in total. The van der Waals surface area contributed by atoms with Crippen molar-refractivity contribution in [3.8, 4) is 11.4 Å². The van der Waals surface area contributed by atoms with E-state index in [2.05, 4.69) is 34.6 Å². The molecule has 4 rings (SSSR count). The summed E-state index contributed by atoms with van der Waals surface area (Å²) < 4.78 is 4.99. The van der Waals surface area contributed by atoms with Crippen molar-refractivity contribution in [2.45, 2.75) is 24.3 Å². The average Bonchev–Trinajstić information content (AvgIpc) is 3.25. The first-order chi connectivity index (χ1) is 13.6. The van der Waals surface area contributed by atoms with Crippen LogP contribution in [0, 0.1) is 6.92 Å². The fourth-order valence-electron chi connectivity index (χ4n) is 3.14. The van der Waals surface area contributed by atoms with Crippen molar-refractivity contribution >= 4 is 11.8 Å². The highest BCUT2D eigenvalue weighted by Gasteiger charge is 2.23.